The fourth-order valence-electron chi connectivity index (χ4n) is 2.16. The zero-order chi connectivity index (χ0) is 12.9. The van der Waals surface area contributed by atoms with Gasteiger partial charge in [-0.05, 0) is 40.7 Å². The number of ether oxygens (including phenoxy) is 2. The predicted molar refractivity (Wildman–Crippen MR) is 66.9 cm³/mol. The van der Waals surface area contributed by atoms with E-state index in [1.165, 1.54) is 0 Å². The molecule has 0 spiro atoms. The Balaban J connectivity index is 2.17. The molecule has 0 N–H and O–H groups in total. The van der Waals surface area contributed by atoms with Gasteiger partial charge in [0, 0.05) is 13.1 Å². The van der Waals surface area contributed by atoms with Crippen molar-refractivity contribution in [2.24, 2.45) is 0 Å². The van der Waals surface area contributed by atoms with E-state index in [9.17, 15) is 4.79 Å². The summed E-state index contributed by atoms with van der Waals surface area (Å²) in [6.07, 6.45) is 2.98. The van der Waals surface area contributed by atoms with Crippen LogP contribution in [0.25, 0.3) is 0 Å². The number of likely N-dealkylation sites (N-methyl/N-ethyl adjacent to an activating group) is 1. The molecule has 4 heteroatoms. The zero-order valence-corrected chi connectivity index (χ0v) is 11.5. The molecule has 1 aliphatic rings. The predicted octanol–water partition coefficient (Wildman–Crippen LogP) is 1.83. The van der Waals surface area contributed by atoms with E-state index >= 15 is 0 Å². The lowest BCUT2D eigenvalue weighted by molar-refractivity contribution is -0.143. The molecule has 0 aromatic rings. The summed E-state index contributed by atoms with van der Waals surface area (Å²) in [5.41, 5.74) is 0.0205. The summed E-state index contributed by atoms with van der Waals surface area (Å²) in [5.74, 6) is -0.118. The molecule has 1 unspecified atom stereocenters. The second-order valence-corrected chi connectivity index (χ2v) is 5.36. The van der Waals surface area contributed by atoms with Crippen molar-refractivity contribution < 1.29 is 14.3 Å². The normalized spacial score (nSPS) is 23.0. The van der Waals surface area contributed by atoms with Crippen molar-refractivity contribution in [3.05, 3.63) is 0 Å². The standard InChI is InChI=1S/C13H25NO3/c1-5-16-12(15)7-9-14(4)10-11-6-8-13(2,3)17-11/h11H,5-10H2,1-4H3. The van der Waals surface area contributed by atoms with E-state index in [-0.39, 0.29) is 11.6 Å². The van der Waals surface area contributed by atoms with E-state index in [0.717, 1.165) is 25.9 Å². The van der Waals surface area contributed by atoms with Gasteiger partial charge in [0.1, 0.15) is 0 Å². The van der Waals surface area contributed by atoms with Gasteiger partial charge >= 0.3 is 5.97 Å². The number of carbonyl (C=O) groups excluding carboxylic acids is 1. The molecule has 17 heavy (non-hydrogen) atoms. The Kier molecular flexibility index (Phi) is 5.40. The number of nitrogens with zero attached hydrogens (tertiary/aromatic N) is 1. The monoisotopic (exact) mass is 243 g/mol. The van der Waals surface area contributed by atoms with Crippen molar-refractivity contribution >= 4 is 5.97 Å². The largest absolute Gasteiger partial charge is 0.466 e. The Morgan fingerprint density at radius 3 is 2.76 bits per heavy atom. The van der Waals surface area contributed by atoms with Crippen LogP contribution in [0.3, 0.4) is 0 Å². The third-order valence-electron chi connectivity index (χ3n) is 3.07. The van der Waals surface area contributed by atoms with E-state index in [1.54, 1.807) is 0 Å². The lowest BCUT2D eigenvalue weighted by atomic mass is 10.1. The van der Waals surface area contributed by atoms with Crippen LogP contribution in [0.1, 0.15) is 40.0 Å². The van der Waals surface area contributed by atoms with E-state index in [1.807, 2.05) is 14.0 Å². The maximum atomic E-state index is 11.2. The molecule has 1 heterocycles. The average molecular weight is 243 g/mol. The molecule has 1 rings (SSSR count). The summed E-state index contributed by atoms with van der Waals surface area (Å²) < 4.78 is 10.8. The Labute approximate surface area is 104 Å². The molecule has 1 saturated heterocycles. The fraction of sp³-hybridized carbons (Fsp3) is 0.923. The van der Waals surface area contributed by atoms with E-state index < -0.39 is 0 Å². The Bertz CT molecular complexity index is 253. The number of rotatable bonds is 6. The first-order valence-electron chi connectivity index (χ1n) is 6.45. The summed E-state index contributed by atoms with van der Waals surface area (Å²) in [6.45, 7) is 8.18. The van der Waals surface area contributed by atoms with Gasteiger partial charge < -0.3 is 14.4 Å². The van der Waals surface area contributed by atoms with Crippen LogP contribution in [0, 0.1) is 0 Å². The highest BCUT2D eigenvalue weighted by Crippen LogP contribution is 2.29. The second kappa shape index (κ2) is 6.36. The van der Waals surface area contributed by atoms with Gasteiger partial charge in [0.25, 0.3) is 0 Å². The third kappa shape index (κ3) is 5.50. The Morgan fingerprint density at radius 2 is 2.24 bits per heavy atom. The summed E-state index contributed by atoms with van der Waals surface area (Å²) in [6, 6.07) is 0. The van der Waals surface area contributed by atoms with Crippen molar-refractivity contribution in [2.75, 3.05) is 26.7 Å². The average Bonchev–Trinajstić information content (AvgIpc) is 2.55. The van der Waals surface area contributed by atoms with Gasteiger partial charge in [-0.15, -0.1) is 0 Å². The van der Waals surface area contributed by atoms with Crippen molar-refractivity contribution in [1.82, 2.24) is 4.90 Å². The van der Waals surface area contributed by atoms with Crippen LogP contribution in [0.15, 0.2) is 0 Å². The summed E-state index contributed by atoms with van der Waals surface area (Å²) in [4.78, 5) is 13.3. The van der Waals surface area contributed by atoms with E-state index in [4.69, 9.17) is 9.47 Å². The molecule has 1 atom stereocenters. The summed E-state index contributed by atoms with van der Waals surface area (Å²) in [5, 5.41) is 0. The van der Waals surface area contributed by atoms with Crippen molar-refractivity contribution in [2.45, 2.75) is 51.7 Å². The molecule has 4 nitrogen and oxygen atoms in total. The van der Waals surface area contributed by atoms with Crippen LogP contribution in [-0.4, -0.2) is 49.3 Å². The minimum Gasteiger partial charge on any atom is -0.466 e. The summed E-state index contributed by atoms with van der Waals surface area (Å²) in [7, 11) is 2.02. The molecular weight excluding hydrogens is 218 g/mol. The Hall–Kier alpha value is -0.610. The molecule has 0 aromatic heterocycles. The molecule has 0 bridgehead atoms. The third-order valence-corrected chi connectivity index (χ3v) is 3.07. The highest BCUT2D eigenvalue weighted by molar-refractivity contribution is 5.69. The van der Waals surface area contributed by atoms with Crippen molar-refractivity contribution in [1.29, 1.82) is 0 Å². The topological polar surface area (TPSA) is 38.8 Å². The lowest BCUT2D eigenvalue weighted by Gasteiger charge is -2.23. The van der Waals surface area contributed by atoms with Gasteiger partial charge in [-0.25, -0.2) is 0 Å². The first-order chi connectivity index (χ1) is 7.93. The van der Waals surface area contributed by atoms with Crippen LogP contribution < -0.4 is 0 Å². The second-order valence-electron chi connectivity index (χ2n) is 5.36. The lowest BCUT2D eigenvalue weighted by Crippen LogP contribution is -2.32. The molecule has 0 amide bonds. The molecule has 100 valence electrons. The zero-order valence-electron chi connectivity index (χ0n) is 11.5. The van der Waals surface area contributed by atoms with Gasteiger partial charge in [-0.3, -0.25) is 4.79 Å². The molecule has 0 aliphatic carbocycles. The number of carbonyl (C=O) groups is 1. The fourth-order valence-corrected chi connectivity index (χ4v) is 2.16. The molecule has 1 aliphatic heterocycles. The molecule has 0 aromatic carbocycles. The number of hydrogen-bond donors (Lipinski definition) is 0. The van der Waals surface area contributed by atoms with E-state index in [2.05, 4.69) is 18.7 Å². The van der Waals surface area contributed by atoms with Crippen LogP contribution in [0.5, 0.6) is 0 Å². The van der Waals surface area contributed by atoms with Crippen LogP contribution >= 0.6 is 0 Å². The maximum Gasteiger partial charge on any atom is 0.307 e. The first-order valence-corrected chi connectivity index (χ1v) is 6.45. The molecular formula is C13H25NO3. The van der Waals surface area contributed by atoms with Crippen LogP contribution in [0.4, 0.5) is 0 Å². The first kappa shape index (κ1) is 14.5. The summed E-state index contributed by atoms with van der Waals surface area (Å²) >= 11 is 0. The minimum atomic E-state index is -0.118. The molecule has 0 radical (unpaired) electrons. The molecule has 1 fully saturated rings. The maximum absolute atomic E-state index is 11.2. The minimum absolute atomic E-state index is 0.0205. The van der Waals surface area contributed by atoms with Gasteiger partial charge in [-0.2, -0.15) is 0 Å². The molecule has 0 saturated carbocycles. The Morgan fingerprint density at radius 1 is 1.53 bits per heavy atom. The van der Waals surface area contributed by atoms with Gasteiger partial charge in [-0.1, -0.05) is 0 Å². The van der Waals surface area contributed by atoms with E-state index in [0.29, 0.717) is 19.1 Å². The number of hydrogen-bond acceptors (Lipinski definition) is 4. The highest BCUT2D eigenvalue weighted by atomic mass is 16.5. The van der Waals surface area contributed by atoms with Gasteiger partial charge in [0.2, 0.25) is 0 Å². The van der Waals surface area contributed by atoms with Gasteiger partial charge in [0.05, 0.1) is 24.7 Å². The quantitative estimate of drug-likeness (QED) is 0.667. The smallest absolute Gasteiger partial charge is 0.307 e. The van der Waals surface area contributed by atoms with Gasteiger partial charge in [0.15, 0.2) is 0 Å². The highest BCUT2D eigenvalue weighted by Gasteiger charge is 2.31. The van der Waals surface area contributed by atoms with Crippen molar-refractivity contribution in [3.8, 4) is 0 Å². The number of esters is 1. The van der Waals surface area contributed by atoms with Crippen molar-refractivity contribution in [3.63, 3.8) is 0 Å². The van der Waals surface area contributed by atoms with Crippen LogP contribution in [-0.2, 0) is 14.3 Å². The van der Waals surface area contributed by atoms with Crippen LogP contribution in [0.2, 0.25) is 0 Å². The SMILES string of the molecule is CCOC(=O)CCN(C)CC1CCC(C)(C)O1.